The highest BCUT2D eigenvalue weighted by Crippen LogP contribution is 2.43. The maximum Gasteiger partial charge on any atom is 0.0629 e. The Morgan fingerprint density at radius 2 is 1.93 bits per heavy atom. The van der Waals surface area contributed by atoms with Crippen LogP contribution in [0.2, 0.25) is 0 Å². The van der Waals surface area contributed by atoms with Gasteiger partial charge in [0.2, 0.25) is 0 Å². The van der Waals surface area contributed by atoms with Crippen molar-refractivity contribution in [3.05, 3.63) is 0 Å². The van der Waals surface area contributed by atoms with Gasteiger partial charge in [0.15, 0.2) is 0 Å². The molecular weight excluding hydrogens is 172 g/mol. The molecule has 1 unspecified atom stereocenters. The van der Waals surface area contributed by atoms with Crippen LogP contribution in [0.3, 0.4) is 0 Å². The summed E-state index contributed by atoms with van der Waals surface area (Å²) in [5.41, 5.74) is 0.723. The predicted octanol–water partition coefficient (Wildman–Crippen LogP) is 3.87. The zero-order valence-corrected chi connectivity index (χ0v) is 10.7. The van der Waals surface area contributed by atoms with Crippen molar-refractivity contribution in [2.24, 2.45) is 16.7 Å². The molecule has 1 fully saturated rings. The molecule has 0 aromatic carbocycles. The van der Waals surface area contributed by atoms with E-state index in [0.29, 0.717) is 16.9 Å². The SMILES string of the molecule is CC(C)C[C@]1(C)COC(C(C)(C)C)C1. The van der Waals surface area contributed by atoms with Gasteiger partial charge in [-0.3, -0.25) is 0 Å². The lowest BCUT2D eigenvalue weighted by molar-refractivity contribution is 0.0247. The second kappa shape index (κ2) is 3.84. The number of ether oxygens (including phenoxy) is 1. The molecule has 0 N–H and O–H groups in total. The Bertz CT molecular complexity index is 190. The lowest BCUT2D eigenvalue weighted by Crippen LogP contribution is -2.26. The molecule has 2 atom stereocenters. The molecule has 1 heteroatoms. The van der Waals surface area contributed by atoms with Crippen molar-refractivity contribution in [3.63, 3.8) is 0 Å². The van der Waals surface area contributed by atoms with E-state index in [4.69, 9.17) is 4.74 Å². The molecule has 0 spiro atoms. The minimum atomic E-state index is 0.300. The van der Waals surface area contributed by atoms with Gasteiger partial charge in [0.25, 0.3) is 0 Å². The number of hydrogen-bond donors (Lipinski definition) is 0. The molecule has 14 heavy (non-hydrogen) atoms. The van der Waals surface area contributed by atoms with Gasteiger partial charge in [0.05, 0.1) is 12.7 Å². The molecule has 1 nitrogen and oxygen atoms in total. The average molecular weight is 198 g/mol. The van der Waals surface area contributed by atoms with Crippen molar-refractivity contribution in [1.29, 1.82) is 0 Å². The molecule has 84 valence electrons. The van der Waals surface area contributed by atoms with E-state index < -0.39 is 0 Å². The summed E-state index contributed by atoms with van der Waals surface area (Å²) in [7, 11) is 0. The minimum Gasteiger partial charge on any atom is -0.377 e. The topological polar surface area (TPSA) is 9.23 Å². The van der Waals surface area contributed by atoms with Crippen LogP contribution in [0.4, 0.5) is 0 Å². The summed E-state index contributed by atoms with van der Waals surface area (Å²) >= 11 is 0. The summed E-state index contributed by atoms with van der Waals surface area (Å²) in [6.07, 6.45) is 2.97. The van der Waals surface area contributed by atoms with E-state index in [9.17, 15) is 0 Å². The van der Waals surface area contributed by atoms with Crippen LogP contribution in [0.1, 0.15) is 54.4 Å². The first-order chi connectivity index (χ1) is 6.23. The quantitative estimate of drug-likeness (QED) is 0.654. The third-order valence-electron chi connectivity index (χ3n) is 3.18. The van der Waals surface area contributed by atoms with Crippen LogP contribution in [0.5, 0.6) is 0 Å². The Hall–Kier alpha value is -0.0400. The van der Waals surface area contributed by atoms with Gasteiger partial charge in [-0.15, -0.1) is 0 Å². The normalized spacial score (nSPS) is 34.1. The first-order valence-corrected chi connectivity index (χ1v) is 5.84. The van der Waals surface area contributed by atoms with E-state index in [-0.39, 0.29) is 0 Å². The molecule has 0 amide bonds. The lowest BCUT2D eigenvalue weighted by Gasteiger charge is -2.28. The first kappa shape index (κ1) is 12.0. The Balaban J connectivity index is 2.55. The standard InChI is InChI=1S/C13H26O/c1-10(2)7-13(6)8-11(14-9-13)12(3,4)5/h10-11H,7-9H2,1-6H3/t11?,13-/m0/s1. The van der Waals surface area contributed by atoms with Gasteiger partial charge in [0.1, 0.15) is 0 Å². The van der Waals surface area contributed by atoms with E-state index in [1.807, 2.05) is 0 Å². The van der Waals surface area contributed by atoms with Gasteiger partial charge in [-0.05, 0) is 29.6 Å². The molecule has 1 aliphatic rings. The molecule has 0 aliphatic carbocycles. The zero-order valence-electron chi connectivity index (χ0n) is 10.7. The van der Waals surface area contributed by atoms with Crippen LogP contribution < -0.4 is 0 Å². The monoisotopic (exact) mass is 198 g/mol. The van der Waals surface area contributed by atoms with Crippen LogP contribution in [-0.4, -0.2) is 12.7 Å². The summed E-state index contributed by atoms with van der Waals surface area (Å²) in [4.78, 5) is 0. The van der Waals surface area contributed by atoms with E-state index in [0.717, 1.165) is 12.5 Å². The van der Waals surface area contributed by atoms with Gasteiger partial charge >= 0.3 is 0 Å². The predicted molar refractivity (Wildman–Crippen MR) is 61.4 cm³/mol. The van der Waals surface area contributed by atoms with Gasteiger partial charge in [-0.1, -0.05) is 41.5 Å². The summed E-state index contributed by atoms with van der Waals surface area (Å²) < 4.78 is 5.93. The van der Waals surface area contributed by atoms with Crippen LogP contribution in [0.15, 0.2) is 0 Å². The van der Waals surface area contributed by atoms with Crippen molar-refractivity contribution >= 4 is 0 Å². The molecule has 0 aromatic heterocycles. The lowest BCUT2D eigenvalue weighted by atomic mass is 9.76. The summed E-state index contributed by atoms with van der Waals surface area (Å²) in [5.74, 6) is 0.780. The molecule has 0 aromatic rings. The Morgan fingerprint density at radius 3 is 2.29 bits per heavy atom. The first-order valence-electron chi connectivity index (χ1n) is 5.84. The summed E-state index contributed by atoms with van der Waals surface area (Å²) in [6, 6.07) is 0. The minimum absolute atomic E-state index is 0.300. The fourth-order valence-corrected chi connectivity index (χ4v) is 2.55. The van der Waals surface area contributed by atoms with Crippen molar-refractivity contribution in [2.75, 3.05) is 6.61 Å². The molecule has 1 aliphatic heterocycles. The molecule has 0 saturated carbocycles. The zero-order chi connectivity index (χ0) is 11.0. The van der Waals surface area contributed by atoms with Crippen LogP contribution in [0.25, 0.3) is 0 Å². The van der Waals surface area contributed by atoms with E-state index >= 15 is 0 Å². The number of hydrogen-bond acceptors (Lipinski definition) is 1. The Morgan fingerprint density at radius 1 is 1.36 bits per heavy atom. The van der Waals surface area contributed by atoms with Crippen molar-refractivity contribution in [3.8, 4) is 0 Å². The largest absolute Gasteiger partial charge is 0.377 e. The van der Waals surface area contributed by atoms with Crippen molar-refractivity contribution < 1.29 is 4.74 Å². The molecule has 1 saturated heterocycles. The van der Waals surface area contributed by atoms with Gasteiger partial charge in [-0.2, -0.15) is 0 Å². The van der Waals surface area contributed by atoms with Gasteiger partial charge < -0.3 is 4.74 Å². The molecule has 1 rings (SSSR count). The van der Waals surface area contributed by atoms with Crippen molar-refractivity contribution in [1.82, 2.24) is 0 Å². The second-order valence-electron chi connectivity index (χ2n) is 6.78. The van der Waals surface area contributed by atoms with E-state index in [1.165, 1.54) is 12.8 Å². The molecule has 1 heterocycles. The highest BCUT2D eigenvalue weighted by molar-refractivity contribution is 4.90. The van der Waals surface area contributed by atoms with Crippen molar-refractivity contribution in [2.45, 2.75) is 60.5 Å². The van der Waals surface area contributed by atoms with Crippen LogP contribution in [-0.2, 0) is 4.74 Å². The average Bonchev–Trinajstić information content (AvgIpc) is 2.28. The third kappa shape index (κ3) is 2.98. The fourth-order valence-electron chi connectivity index (χ4n) is 2.55. The molecule has 0 radical (unpaired) electrons. The third-order valence-corrected chi connectivity index (χ3v) is 3.18. The highest BCUT2D eigenvalue weighted by Gasteiger charge is 2.41. The highest BCUT2D eigenvalue weighted by atomic mass is 16.5. The van der Waals surface area contributed by atoms with Crippen LogP contribution in [0, 0.1) is 16.7 Å². The molecule has 0 bridgehead atoms. The van der Waals surface area contributed by atoms with E-state index in [1.54, 1.807) is 0 Å². The maximum atomic E-state index is 5.93. The van der Waals surface area contributed by atoms with Crippen LogP contribution >= 0.6 is 0 Å². The molecular formula is C13H26O. The van der Waals surface area contributed by atoms with E-state index in [2.05, 4.69) is 41.5 Å². The number of rotatable bonds is 2. The Labute approximate surface area is 89.2 Å². The van der Waals surface area contributed by atoms with Gasteiger partial charge in [0, 0.05) is 0 Å². The second-order valence-corrected chi connectivity index (χ2v) is 6.78. The smallest absolute Gasteiger partial charge is 0.0629 e. The summed E-state index contributed by atoms with van der Waals surface area (Å²) in [5, 5.41) is 0. The maximum absolute atomic E-state index is 5.93. The van der Waals surface area contributed by atoms with Gasteiger partial charge in [-0.25, -0.2) is 0 Å². The fraction of sp³-hybridized carbons (Fsp3) is 1.00. The summed E-state index contributed by atoms with van der Waals surface area (Å²) in [6.45, 7) is 14.8. The Kier molecular flexibility index (Phi) is 3.30.